The molecule has 1 heterocycles. The number of benzene rings is 1. The maximum absolute atomic E-state index is 13.2. The van der Waals surface area contributed by atoms with E-state index < -0.39 is 0 Å². The summed E-state index contributed by atoms with van der Waals surface area (Å²) in [6, 6.07) is 6.61. The molecule has 7 nitrogen and oxygen atoms in total. The van der Waals surface area contributed by atoms with E-state index in [4.69, 9.17) is 0 Å². The molecule has 0 spiro atoms. The van der Waals surface area contributed by atoms with Crippen LogP contribution >= 0.6 is 24.0 Å². The summed E-state index contributed by atoms with van der Waals surface area (Å²) in [5, 5.41) is 10.5. The number of nitrogens with one attached hydrogen (secondary N) is 2. The van der Waals surface area contributed by atoms with Gasteiger partial charge in [-0.2, -0.15) is 5.10 Å². The molecule has 0 unspecified atom stereocenters. The number of nitrogens with zero attached hydrogens (tertiary/aromatic N) is 5. The topological polar surface area (TPSA) is 70.4 Å². The van der Waals surface area contributed by atoms with Crippen molar-refractivity contribution in [3.8, 4) is 0 Å². The van der Waals surface area contributed by atoms with Gasteiger partial charge in [0, 0.05) is 39.9 Å². The Balaban J connectivity index is 0.00000312. The molecule has 0 aliphatic carbocycles. The number of aliphatic imine (C=N–C) groups is 1. The average molecular weight is 461 g/mol. The van der Waals surface area contributed by atoms with Crippen LogP contribution < -0.4 is 15.5 Å². The molecule has 25 heavy (non-hydrogen) atoms. The lowest BCUT2D eigenvalue weighted by molar-refractivity contribution is 0.626. The van der Waals surface area contributed by atoms with E-state index in [1.54, 1.807) is 17.8 Å². The molecule has 2 aromatic rings. The van der Waals surface area contributed by atoms with Gasteiger partial charge in [-0.05, 0) is 24.6 Å². The number of hydrogen-bond acceptors (Lipinski definition) is 4. The highest BCUT2D eigenvalue weighted by Crippen LogP contribution is 2.13. The quantitative estimate of drug-likeness (QED) is 0.285. The Bertz CT molecular complexity index is 674. The molecule has 0 aliphatic rings. The molecule has 2 rings (SSSR count). The third kappa shape index (κ3) is 6.85. The Labute approximate surface area is 164 Å². The maximum Gasteiger partial charge on any atom is 0.191 e. The van der Waals surface area contributed by atoms with Crippen molar-refractivity contribution < 1.29 is 4.39 Å². The van der Waals surface area contributed by atoms with Crippen molar-refractivity contribution in [2.45, 2.75) is 13.0 Å². The predicted octanol–water partition coefficient (Wildman–Crippen LogP) is 1.76. The van der Waals surface area contributed by atoms with Crippen LogP contribution in [0.2, 0.25) is 0 Å². The largest absolute Gasteiger partial charge is 0.374 e. The SMILES string of the molecule is CN=C(NCCCN(C)c1cccc(F)c1)NCc1ncnn1C.I. The fraction of sp³-hybridized carbons (Fsp3) is 0.438. The number of guanidine groups is 1. The van der Waals surface area contributed by atoms with Gasteiger partial charge >= 0.3 is 0 Å². The number of hydrogen-bond donors (Lipinski definition) is 2. The Morgan fingerprint density at radius 3 is 2.80 bits per heavy atom. The first-order valence-electron chi connectivity index (χ1n) is 7.84. The Kier molecular flexibility index (Phi) is 9.17. The number of halogens is 2. The first-order chi connectivity index (χ1) is 11.6. The number of aryl methyl sites for hydroxylation is 1. The van der Waals surface area contributed by atoms with Gasteiger partial charge in [0.2, 0.25) is 0 Å². The van der Waals surface area contributed by atoms with Gasteiger partial charge in [0.15, 0.2) is 5.96 Å². The Morgan fingerprint density at radius 2 is 2.16 bits per heavy atom. The summed E-state index contributed by atoms with van der Waals surface area (Å²) in [6.07, 6.45) is 2.42. The van der Waals surface area contributed by atoms with Crippen LogP contribution in [0.1, 0.15) is 12.2 Å². The number of rotatable bonds is 7. The standard InChI is InChI=1S/C16H24FN7.HI/c1-18-16(20-11-15-21-12-22-24(15)3)19-8-5-9-23(2)14-7-4-6-13(17)10-14;/h4,6-7,10,12H,5,8-9,11H2,1-3H3,(H2,18,19,20);1H. The van der Waals surface area contributed by atoms with Gasteiger partial charge in [0.1, 0.15) is 18.0 Å². The maximum atomic E-state index is 13.2. The molecule has 0 aliphatic heterocycles. The van der Waals surface area contributed by atoms with Gasteiger partial charge in [-0.1, -0.05) is 6.07 Å². The van der Waals surface area contributed by atoms with Crippen LogP contribution in [0.25, 0.3) is 0 Å². The molecule has 0 fully saturated rings. The van der Waals surface area contributed by atoms with Crippen molar-refractivity contribution in [1.29, 1.82) is 0 Å². The van der Waals surface area contributed by atoms with E-state index in [-0.39, 0.29) is 29.8 Å². The van der Waals surface area contributed by atoms with Crippen molar-refractivity contribution in [3.63, 3.8) is 0 Å². The zero-order valence-electron chi connectivity index (χ0n) is 14.7. The molecule has 0 saturated heterocycles. The van der Waals surface area contributed by atoms with Crippen molar-refractivity contribution in [1.82, 2.24) is 25.4 Å². The molecule has 2 N–H and O–H groups in total. The molecule has 0 atom stereocenters. The molecule has 1 aromatic carbocycles. The van der Waals surface area contributed by atoms with Crippen LogP contribution in [0.3, 0.4) is 0 Å². The normalized spacial score (nSPS) is 11.0. The molecule has 0 saturated carbocycles. The van der Waals surface area contributed by atoms with Crippen LogP contribution in [0.4, 0.5) is 10.1 Å². The van der Waals surface area contributed by atoms with Crippen molar-refractivity contribution in [3.05, 3.63) is 42.2 Å². The monoisotopic (exact) mass is 461 g/mol. The first-order valence-corrected chi connectivity index (χ1v) is 7.84. The van der Waals surface area contributed by atoms with Gasteiger partial charge in [-0.3, -0.25) is 9.67 Å². The smallest absolute Gasteiger partial charge is 0.191 e. The zero-order chi connectivity index (χ0) is 17.4. The lowest BCUT2D eigenvalue weighted by Gasteiger charge is -2.19. The van der Waals surface area contributed by atoms with E-state index in [0.717, 1.165) is 31.0 Å². The second-order valence-corrected chi connectivity index (χ2v) is 5.41. The minimum atomic E-state index is -0.217. The number of anilines is 1. The fourth-order valence-electron chi connectivity index (χ4n) is 2.23. The summed E-state index contributed by atoms with van der Waals surface area (Å²) in [4.78, 5) is 10.4. The molecule has 0 radical (unpaired) electrons. The third-order valence-corrected chi connectivity index (χ3v) is 3.65. The summed E-state index contributed by atoms with van der Waals surface area (Å²) in [7, 11) is 5.53. The summed E-state index contributed by atoms with van der Waals surface area (Å²) in [5.41, 5.74) is 0.875. The molecular formula is C16H25FIN7. The van der Waals surface area contributed by atoms with Crippen molar-refractivity contribution in [2.75, 3.05) is 32.1 Å². The summed E-state index contributed by atoms with van der Waals surface area (Å²) < 4.78 is 14.9. The fourth-order valence-corrected chi connectivity index (χ4v) is 2.23. The van der Waals surface area contributed by atoms with Crippen LogP contribution in [0, 0.1) is 5.82 Å². The van der Waals surface area contributed by atoms with Crippen LogP contribution in [-0.2, 0) is 13.6 Å². The molecule has 0 amide bonds. The Morgan fingerprint density at radius 1 is 1.36 bits per heavy atom. The molecule has 0 bridgehead atoms. The highest BCUT2D eigenvalue weighted by molar-refractivity contribution is 14.0. The second-order valence-electron chi connectivity index (χ2n) is 5.41. The van der Waals surface area contributed by atoms with Crippen molar-refractivity contribution in [2.24, 2.45) is 12.0 Å². The molecule has 138 valence electrons. The van der Waals surface area contributed by atoms with E-state index in [1.807, 2.05) is 25.1 Å². The summed E-state index contributed by atoms with van der Waals surface area (Å²) in [5.74, 6) is 1.33. The molecule has 9 heteroatoms. The minimum Gasteiger partial charge on any atom is -0.374 e. The lowest BCUT2D eigenvalue weighted by Crippen LogP contribution is -2.38. The van der Waals surface area contributed by atoms with Crippen LogP contribution in [-0.4, -0.2) is 47.9 Å². The average Bonchev–Trinajstić information content (AvgIpc) is 2.99. The van der Waals surface area contributed by atoms with E-state index in [2.05, 4.69) is 25.7 Å². The van der Waals surface area contributed by atoms with Gasteiger partial charge in [-0.15, -0.1) is 24.0 Å². The van der Waals surface area contributed by atoms with E-state index in [9.17, 15) is 4.39 Å². The Hall–Kier alpha value is -1.91. The third-order valence-electron chi connectivity index (χ3n) is 3.65. The highest BCUT2D eigenvalue weighted by atomic mass is 127. The lowest BCUT2D eigenvalue weighted by atomic mass is 10.2. The van der Waals surface area contributed by atoms with Gasteiger partial charge in [-0.25, -0.2) is 9.37 Å². The summed E-state index contributed by atoms with van der Waals surface area (Å²) in [6.45, 7) is 2.13. The van der Waals surface area contributed by atoms with Gasteiger partial charge < -0.3 is 15.5 Å². The zero-order valence-corrected chi connectivity index (χ0v) is 17.1. The van der Waals surface area contributed by atoms with Gasteiger partial charge in [0.05, 0.1) is 6.54 Å². The first kappa shape index (κ1) is 21.1. The highest BCUT2D eigenvalue weighted by Gasteiger charge is 2.04. The van der Waals surface area contributed by atoms with Crippen LogP contribution in [0.5, 0.6) is 0 Å². The second kappa shape index (κ2) is 10.9. The predicted molar refractivity (Wildman–Crippen MR) is 109 cm³/mol. The van der Waals surface area contributed by atoms with Gasteiger partial charge in [0.25, 0.3) is 0 Å². The number of aromatic nitrogens is 3. The van der Waals surface area contributed by atoms with E-state index in [1.165, 1.54) is 18.5 Å². The van der Waals surface area contributed by atoms with E-state index in [0.29, 0.717) is 12.5 Å². The summed E-state index contributed by atoms with van der Waals surface area (Å²) >= 11 is 0. The molecular weight excluding hydrogens is 436 g/mol. The minimum absolute atomic E-state index is 0. The molecule has 1 aromatic heterocycles. The van der Waals surface area contributed by atoms with Crippen molar-refractivity contribution >= 4 is 35.6 Å². The van der Waals surface area contributed by atoms with E-state index >= 15 is 0 Å². The van der Waals surface area contributed by atoms with Crippen LogP contribution in [0.15, 0.2) is 35.6 Å².